The van der Waals surface area contributed by atoms with Gasteiger partial charge in [0, 0.05) is 60.6 Å². The van der Waals surface area contributed by atoms with Gasteiger partial charge in [-0.3, -0.25) is 14.8 Å². The van der Waals surface area contributed by atoms with Crippen molar-refractivity contribution in [1.82, 2.24) is 20.1 Å². The first-order valence-corrected chi connectivity index (χ1v) is 14.8. The lowest BCUT2D eigenvalue weighted by Crippen LogP contribution is -2.53. The summed E-state index contributed by atoms with van der Waals surface area (Å²) in [5.74, 6) is -4.67. The summed E-state index contributed by atoms with van der Waals surface area (Å²) in [6.07, 6.45) is 1.60. The van der Waals surface area contributed by atoms with E-state index in [2.05, 4.69) is 10.3 Å². The number of fused-ring (bicyclic) bond motifs is 1. The van der Waals surface area contributed by atoms with E-state index in [9.17, 15) is 27.6 Å². The van der Waals surface area contributed by atoms with Crippen molar-refractivity contribution in [3.63, 3.8) is 0 Å². The molecule has 234 valence electrons. The lowest BCUT2D eigenvalue weighted by Gasteiger charge is -2.38. The number of rotatable bonds is 7. The van der Waals surface area contributed by atoms with Crippen molar-refractivity contribution in [1.29, 1.82) is 0 Å². The quantitative estimate of drug-likeness (QED) is 0.364. The fraction of sp³-hybridized carbons (Fsp3) is 0.276. The normalized spacial score (nSPS) is 20.2. The molecule has 2 amide bonds. The number of methoxy groups -OCH3 is 1. The molecular weight excluding hydrogens is 637 g/mol. The highest BCUT2D eigenvalue weighted by Crippen LogP contribution is 2.37. The van der Waals surface area contributed by atoms with E-state index in [4.69, 9.17) is 26.4 Å². The van der Waals surface area contributed by atoms with Crippen LogP contribution in [0.5, 0.6) is 0 Å². The number of esters is 1. The molecule has 0 bridgehead atoms. The molecule has 45 heavy (non-hydrogen) atoms. The monoisotopic (exact) mass is 660 g/mol. The number of benzene rings is 2. The molecule has 0 saturated carbocycles. The van der Waals surface area contributed by atoms with Crippen LogP contribution in [0.4, 0.5) is 23.7 Å². The van der Waals surface area contributed by atoms with Crippen molar-refractivity contribution >= 4 is 52.4 Å². The van der Waals surface area contributed by atoms with Crippen molar-refractivity contribution in [3.8, 4) is 0 Å². The predicted octanol–water partition coefficient (Wildman–Crippen LogP) is 4.06. The molecule has 3 aliphatic rings. The summed E-state index contributed by atoms with van der Waals surface area (Å²) < 4.78 is 48.8. The second-order valence-corrected chi connectivity index (χ2v) is 11.8. The van der Waals surface area contributed by atoms with Crippen molar-refractivity contribution in [2.45, 2.75) is 12.1 Å². The van der Waals surface area contributed by atoms with Gasteiger partial charge in [-0.2, -0.15) is 0 Å². The highest BCUT2D eigenvalue weighted by atomic mass is 35.5. The van der Waals surface area contributed by atoms with Gasteiger partial charge >= 0.3 is 18.0 Å². The number of halogens is 4. The molecule has 0 unspecified atom stereocenters. The van der Waals surface area contributed by atoms with Gasteiger partial charge in [-0.25, -0.2) is 32.5 Å². The Morgan fingerprint density at radius 3 is 2.56 bits per heavy atom. The fourth-order valence-corrected chi connectivity index (χ4v) is 6.60. The fourth-order valence-electron chi connectivity index (χ4n) is 5.74. The van der Waals surface area contributed by atoms with Crippen LogP contribution in [0, 0.1) is 17.5 Å². The van der Waals surface area contributed by atoms with Gasteiger partial charge in [0.25, 0.3) is 0 Å². The van der Waals surface area contributed by atoms with Crippen LogP contribution in [0.1, 0.15) is 27.0 Å². The summed E-state index contributed by atoms with van der Waals surface area (Å²) in [6.45, 7) is 0.969. The molecular formula is C29H24ClF3N6O5S. The number of ether oxygens (including phenoxy) is 1. The molecule has 2 aromatic carbocycles. The van der Waals surface area contributed by atoms with E-state index in [1.165, 1.54) is 35.5 Å². The maximum Gasteiger partial charge on any atom is 0.338 e. The van der Waals surface area contributed by atoms with Gasteiger partial charge in [-0.1, -0.05) is 17.7 Å². The average Bonchev–Trinajstić information content (AvgIpc) is 3.65. The number of piperazine rings is 1. The van der Waals surface area contributed by atoms with Gasteiger partial charge in [0.15, 0.2) is 22.5 Å². The standard InChI is InChI=1S/C29H24ClF3N6O5S/c1-44-28(42)22-21(35-25(26-34-4-7-45-26)36-23(22)17-3-2-15(31)10-18(17)30)13-37-5-6-38-16(11-37)12-39(29(38)43)24-19(32)8-14(27(40)41)9-20(24)33/h2-4,7-10,16,23H,5-6,11-13H2,1H3,(H,35,36)(H,40,41)/t16-,23-/m0/s1. The number of nitrogens with zero attached hydrogens (tertiary/aromatic N) is 5. The third-order valence-corrected chi connectivity index (χ3v) is 8.88. The number of hydrogen-bond donors (Lipinski definition) is 2. The number of aromatic nitrogens is 1. The molecule has 2 fully saturated rings. The van der Waals surface area contributed by atoms with Gasteiger partial charge in [0.2, 0.25) is 0 Å². The molecule has 3 aromatic rings. The number of carbonyl (C=O) groups excluding carboxylic acids is 2. The van der Waals surface area contributed by atoms with Crippen molar-refractivity contribution in [2.24, 2.45) is 4.99 Å². The number of aromatic carboxylic acids is 1. The summed E-state index contributed by atoms with van der Waals surface area (Å²) >= 11 is 7.74. The van der Waals surface area contributed by atoms with Gasteiger partial charge in [-0.15, -0.1) is 11.3 Å². The number of aliphatic imine (C=N–C) groups is 1. The van der Waals surface area contributed by atoms with Crippen LogP contribution in [0.15, 0.2) is 58.2 Å². The highest BCUT2D eigenvalue weighted by Gasteiger charge is 2.44. The summed E-state index contributed by atoms with van der Waals surface area (Å²) in [4.78, 5) is 51.2. The molecule has 2 saturated heterocycles. The van der Waals surface area contributed by atoms with Gasteiger partial charge in [-0.05, 0) is 24.3 Å². The number of thiazole rings is 1. The maximum absolute atomic E-state index is 14.9. The Bertz CT molecular complexity index is 1750. The van der Waals surface area contributed by atoms with Crippen LogP contribution in [0.25, 0.3) is 0 Å². The molecule has 3 aliphatic heterocycles. The van der Waals surface area contributed by atoms with Gasteiger partial charge < -0.3 is 20.1 Å². The van der Waals surface area contributed by atoms with Crippen LogP contribution in [0.3, 0.4) is 0 Å². The van der Waals surface area contributed by atoms with E-state index in [1.807, 2.05) is 4.90 Å². The lowest BCUT2D eigenvalue weighted by molar-refractivity contribution is -0.136. The zero-order valence-electron chi connectivity index (χ0n) is 23.5. The molecule has 0 aliphatic carbocycles. The number of urea groups is 1. The molecule has 0 spiro atoms. The van der Waals surface area contributed by atoms with Crippen molar-refractivity contribution in [3.05, 3.63) is 91.8 Å². The van der Waals surface area contributed by atoms with E-state index in [0.29, 0.717) is 40.8 Å². The second-order valence-electron chi connectivity index (χ2n) is 10.5. The Kier molecular flexibility index (Phi) is 8.24. The number of amidine groups is 1. The van der Waals surface area contributed by atoms with Gasteiger partial charge in [0.05, 0.1) is 24.3 Å². The number of amides is 2. The number of carbonyl (C=O) groups is 3. The Morgan fingerprint density at radius 1 is 1.16 bits per heavy atom. The molecule has 2 atom stereocenters. The molecule has 0 radical (unpaired) electrons. The summed E-state index contributed by atoms with van der Waals surface area (Å²) in [5, 5.41) is 14.7. The van der Waals surface area contributed by atoms with E-state index >= 15 is 0 Å². The van der Waals surface area contributed by atoms with Crippen LogP contribution >= 0.6 is 22.9 Å². The Hall–Kier alpha value is -4.47. The summed E-state index contributed by atoms with van der Waals surface area (Å²) in [7, 11) is 1.23. The van der Waals surface area contributed by atoms with Crippen molar-refractivity contribution < 1.29 is 37.4 Å². The number of nitrogens with one attached hydrogen (secondary N) is 1. The minimum absolute atomic E-state index is 0.0500. The first-order valence-electron chi connectivity index (χ1n) is 13.6. The molecule has 16 heteroatoms. The van der Waals surface area contributed by atoms with E-state index in [-0.39, 0.29) is 36.8 Å². The van der Waals surface area contributed by atoms with Crippen LogP contribution in [0.2, 0.25) is 5.02 Å². The minimum atomic E-state index is -1.50. The topological polar surface area (TPSA) is 128 Å². The van der Waals surface area contributed by atoms with Crippen LogP contribution in [-0.4, -0.2) is 89.6 Å². The number of carboxylic acids is 1. The van der Waals surface area contributed by atoms with Crippen LogP contribution < -0.4 is 10.2 Å². The third-order valence-electron chi connectivity index (χ3n) is 7.78. The average molecular weight is 661 g/mol. The van der Waals surface area contributed by atoms with Crippen LogP contribution in [-0.2, 0) is 9.53 Å². The Labute approximate surface area is 263 Å². The Balaban J connectivity index is 1.30. The lowest BCUT2D eigenvalue weighted by atomic mass is 9.95. The number of anilines is 1. The molecule has 11 nitrogen and oxygen atoms in total. The minimum Gasteiger partial charge on any atom is -0.478 e. The first-order chi connectivity index (χ1) is 21.5. The second kappa shape index (κ2) is 12.1. The summed E-state index contributed by atoms with van der Waals surface area (Å²) in [6, 6.07) is 3.14. The molecule has 6 rings (SSSR count). The number of carboxylic acid groups (broad SMARTS) is 1. The molecule has 4 heterocycles. The highest BCUT2D eigenvalue weighted by molar-refractivity contribution is 7.11. The zero-order chi connectivity index (χ0) is 32.0. The van der Waals surface area contributed by atoms with E-state index < -0.39 is 58.8 Å². The zero-order valence-corrected chi connectivity index (χ0v) is 25.0. The predicted molar refractivity (Wildman–Crippen MR) is 158 cm³/mol. The van der Waals surface area contributed by atoms with E-state index in [1.54, 1.807) is 11.6 Å². The molecule has 2 N–H and O–H groups in total. The smallest absolute Gasteiger partial charge is 0.338 e. The molecule has 1 aromatic heterocycles. The van der Waals surface area contributed by atoms with E-state index in [0.717, 1.165) is 11.0 Å². The largest absolute Gasteiger partial charge is 0.478 e. The maximum atomic E-state index is 14.9. The SMILES string of the molecule is COC(=O)C1=C(CN2CCN3C(=O)N(c4c(F)cc(C(=O)O)cc4F)C[C@@H]3C2)NC(c2nccs2)=N[C@H]1c1ccc(F)cc1Cl. The van der Waals surface area contributed by atoms with Crippen molar-refractivity contribution in [2.75, 3.05) is 44.7 Å². The van der Waals surface area contributed by atoms with Gasteiger partial charge in [0.1, 0.15) is 17.5 Å². The summed E-state index contributed by atoms with van der Waals surface area (Å²) in [5.41, 5.74) is -0.214. The Morgan fingerprint density at radius 2 is 1.91 bits per heavy atom. The third kappa shape index (κ3) is 5.74. The number of hydrogen-bond acceptors (Lipinski definition) is 9. The first kappa shape index (κ1) is 30.6.